The van der Waals surface area contributed by atoms with Crippen molar-refractivity contribution in [2.45, 2.75) is 12.8 Å². The van der Waals surface area contributed by atoms with E-state index in [0.29, 0.717) is 13.0 Å². The Hall–Kier alpha value is -1.16. The lowest BCUT2D eigenvalue weighted by Crippen LogP contribution is -2.03. The van der Waals surface area contributed by atoms with E-state index in [1.807, 2.05) is 0 Å². The Labute approximate surface area is 81.7 Å². The summed E-state index contributed by atoms with van der Waals surface area (Å²) in [5.74, 6) is 0.223. The number of rotatable bonds is 4. The van der Waals surface area contributed by atoms with E-state index in [0.717, 1.165) is 5.56 Å². The number of hydrogen-bond donors (Lipinski definition) is 1. The van der Waals surface area contributed by atoms with Gasteiger partial charge >= 0.3 is 0 Å². The van der Waals surface area contributed by atoms with Crippen LogP contribution in [0, 0.1) is 0 Å². The molecule has 14 heavy (non-hydrogen) atoms. The van der Waals surface area contributed by atoms with Crippen LogP contribution in [0.2, 0.25) is 0 Å². The van der Waals surface area contributed by atoms with Gasteiger partial charge in [0.15, 0.2) is 0 Å². The molecule has 0 amide bonds. The number of methoxy groups -OCH3 is 1. The smallest absolute Gasteiger partial charge is 0.267 e. The quantitative estimate of drug-likeness (QED) is 0.809. The molecule has 1 rings (SSSR count). The summed E-state index contributed by atoms with van der Waals surface area (Å²) in [6.45, 7) is 0.453. The SMILES string of the molecule is COc1ccc(CCN)cc1C(F)F. The standard InChI is InChI=1S/C10H13F2NO/c1-14-9-3-2-7(4-5-13)6-8(9)10(11)12/h2-3,6,10H,4-5,13H2,1H3. The molecule has 0 saturated heterocycles. The summed E-state index contributed by atoms with van der Waals surface area (Å²) in [6.07, 6.45) is -1.91. The van der Waals surface area contributed by atoms with Crippen LogP contribution in [0.4, 0.5) is 8.78 Å². The second kappa shape index (κ2) is 4.91. The minimum atomic E-state index is -2.51. The van der Waals surface area contributed by atoms with E-state index in [4.69, 9.17) is 10.5 Å². The summed E-state index contributed by atoms with van der Waals surface area (Å²) < 4.78 is 29.9. The number of ether oxygens (including phenoxy) is 1. The van der Waals surface area contributed by atoms with Crippen LogP contribution in [-0.4, -0.2) is 13.7 Å². The molecule has 0 atom stereocenters. The van der Waals surface area contributed by atoms with E-state index in [9.17, 15) is 8.78 Å². The molecule has 0 fully saturated rings. The Morgan fingerprint density at radius 3 is 2.64 bits per heavy atom. The minimum absolute atomic E-state index is 0.0709. The van der Waals surface area contributed by atoms with Crippen molar-refractivity contribution >= 4 is 0 Å². The van der Waals surface area contributed by atoms with Gasteiger partial charge in [-0.25, -0.2) is 8.78 Å². The lowest BCUT2D eigenvalue weighted by Gasteiger charge is -2.09. The van der Waals surface area contributed by atoms with E-state index in [2.05, 4.69) is 0 Å². The highest BCUT2D eigenvalue weighted by Crippen LogP contribution is 2.29. The highest BCUT2D eigenvalue weighted by molar-refractivity contribution is 5.38. The Morgan fingerprint density at radius 2 is 2.14 bits per heavy atom. The van der Waals surface area contributed by atoms with E-state index < -0.39 is 6.43 Å². The van der Waals surface area contributed by atoms with Crippen LogP contribution in [0.3, 0.4) is 0 Å². The van der Waals surface area contributed by atoms with Gasteiger partial charge in [-0.05, 0) is 30.7 Å². The monoisotopic (exact) mass is 201 g/mol. The van der Waals surface area contributed by atoms with Gasteiger partial charge < -0.3 is 10.5 Å². The van der Waals surface area contributed by atoms with Gasteiger partial charge in [0.2, 0.25) is 0 Å². The van der Waals surface area contributed by atoms with Crippen LogP contribution in [0.25, 0.3) is 0 Å². The molecule has 0 radical (unpaired) electrons. The first-order chi connectivity index (χ1) is 6.69. The highest BCUT2D eigenvalue weighted by atomic mass is 19.3. The summed E-state index contributed by atoms with van der Waals surface area (Å²) >= 11 is 0. The molecular weight excluding hydrogens is 188 g/mol. The molecule has 0 heterocycles. The van der Waals surface area contributed by atoms with Gasteiger partial charge in [-0.1, -0.05) is 6.07 Å². The molecule has 0 spiro atoms. The molecule has 0 aliphatic carbocycles. The summed E-state index contributed by atoms with van der Waals surface area (Å²) in [7, 11) is 1.38. The van der Waals surface area contributed by atoms with Crippen LogP contribution in [-0.2, 0) is 6.42 Å². The molecule has 0 aliphatic heterocycles. The third kappa shape index (κ3) is 2.42. The second-order valence-electron chi connectivity index (χ2n) is 2.92. The van der Waals surface area contributed by atoms with Gasteiger partial charge in [0.25, 0.3) is 6.43 Å². The maximum atomic E-state index is 12.5. The predicted octanol–water partition coefficient (Wildman–Crippen LogP) is 2.13. The molecule has 0 bridgehead atoms. The van der Waals surface area contributed by atoms with E-state index >= 15 is 0 Å². The zero-order valence-corrected chi connectivity index (χ0v) is 7.97. The van der Waals surface area contributed by atoms with Crippen molar-refractivity contribution in [2.75, 3.05) is 13.7 Å². The zero-order valence-electron chi connectivity index (χ0n) is 7.97. The van der Waals surface area contributed by atoms with Gasteiger partial charge in [-0.15, -0.1) is 0 Å². The largest absolute Gasteiger partial charge is 0.496 e. The van der Waals surface area contributed by atoms with Gasteiger partial charge in [-0.2, -0.15) is 0 Å². The Balaban J connectivity index is 3.01. The first-order valence-corrected chi connectivity index (χ1v) is 4.34. The van der Waals surface area contributed by atoms with Crippen molar-refractivity contribution in [3.63, 3.8) is 0 Å². The van der Waals surface area contributed by atoms with Crippen molar-refractivity contribution in [2.24, 2.45) is 5.73 Å². The highest BCUT2D eigenvalue weighted by Gasteiger charge is 2.13. The fourth-order valence-electron chi connectivity index (χ4n) is 1.28. The van der Waals surface area contributed by atoms with E-state index in [1.165, 1.54) is 13.2 Å². The average molecular weight is 201 g/mol. The molecule has 0 unspecified atom stereocenters. The fourth-order valence-corrected chi connectivity index (χ4v) is 1.28. The first kappa shape index (κ1) is 10.9. The molecule has 1 aromatic rings. The van der Waals surface area contributed by atoms with Crippen molar-refractivity contribution in [1.82, 2.24) is 0 Å². The Kier molecular flexibility index (Phi) is 3.83. The molecular formula is C10H13F2NO. The van der Waals surface area contributed by atoms with Crippen molar-refractivity contribution in [3.8, 4) is 5.75 Å². The van der Waals surface area contributed by atoms with Crippen molar-refractivity contribution < 1.29 is 13.5 Å². The lowest BCUT2D eigenvalue weighted by atomic mass is 10.1. The first-order valence-electron chi connectivity index (χ1n) is 4.34. The van der Waals surface area contributed by atoms with Crippen molar-refractivity contribution in [1.29, 1.82) is 0 Å². The minimum Gasteiger partial charge on any atom is -0.496 e. The number of halogens is 2. The summed E-state index contributed by atoms with van der Waals surface area (Å²) in [6, 6.07) is 4.74. The second-order valence-corrected chi connectivity index (χ2v) is 2.92. The zero-order chi connectivity index (χ0) is 10.6. The lowest BCUT2D eigenvalue weighted by molar-refractivity contribution is 0.147. The van der Waals surface area contributed by atoms with Gasteiger partial charge in [0.05, 0.1) is 12.7 Å². The molecule has 4 heteroatoms. The molecule has 0 aromatic heterocycles. The van der Waals surface area contributed by atoms with Crippen LogP contribution in [0.5, 0.6) is 5.75 Å². The molecule has 0 aliphatic rings. The average Bonchev–Trinajstić information content (AvgIpc) is 2.18. The molecule has 2 N–H and O–H groups in total. The third-order valence-corrected chi connectivity index (χ3v) is 1.96. The van der Waals surface area contributed by atoms with E-state index in [1.54, 1.807) is 12.1 Å². The molecule has 1 aromatic carbocycles. The third-order valence-electron chi connectivity index (χ3n) is 1.96. The van der Waals surface area contributed by atoms with Crippen LogP contribution in [0.1, 0.15) is 17.6 Å². The summed E-state index contributed by atoms with van der Waals surface area (Å²) in [5.41, 5.74) is 6.08. The van der Waals surface area contributed by atoms with Crippen LogP contribution < -0.4 is 10.5 Å². The maximum Gasteiger partial charge on any atom is 0.267 e. The molecule has 78 valence electrons. The predicted molar refractivity (Wildman–Crippen MR) is 50.7 cm³/mol. The van der Waals surface area contributed by atoms with Gasteiger partial charge in [0.1, 0.15) is 5.75 Å². The van der Waals surface area contributed by atoms with Gasteiger partial charge in [-0.3, -0.25) is 0 Å². The number of nitrogens with two attached hydrogens (primary N) is 1. The van der Waals surface area contributed by atoms with Gasteiger partial charge in [0, 0.05) is 0 Å². The van der Waals surface area contributed by atoms with Crippen LogP contribution >= 0.6 is 0 Å². The van der Waals surface area contributed by atoms with E-state index in [-0.39, 0.29) is 11.3 Å². The fraction of sp³-hybridized carbons (Fsp3) is 0.400. The summed E-state index contributed by atoms with van der Waals surface area (Å²) in [5, 5.41) is 0. The topological polar surface area (TPSA) is 35.2 Å². The number of benzene rings is 1. The Bertz CT molecular complexity index is 302. The molecule has 2 nitrogen and oxygen atoms in total. The number of hydrogen-bond acceptors (Lipinski definition) is 2. The van der Waals surface area contributed by atoms with Crippen LogP contribution in [0.15, 0.2) is 18.2 Å². The number of alkyl halides is 2. The Morgan fingerprint density at radius 1 is 1.43 bits per heavy atom. The maximum absolute atomic E-state index is 12.5. The van der Waals surface area contributed by atoms with Crippen molar-refractivity contribution in [3.05, 3.63) is 29.3 Å². The normalized spacial score (nSPS) is 10.6. The molecule has 0 saturated carbocycles. The summed E-state index contributed by atoms with van der Waals surface area (Å²) in [4.78, 5) is 0.